The van der Waals surface area contributed by atoms with Crippen LogP contribution >= 0.6 is 22.9 Å². The zero-order valence-electron chi connectivity index (χ0n) is 10.7. The third-order valence-corrected chi connectivity index (χ3v) is 4.03. The molecule has 0 radical (unpaired) electrons. The Bertz CT molecular complexity index is 583. The minimum atomic E-state index is -0.616. The van der Waals surface area contributed by atoms with Crippen molar-refractivity contribution in [1.29, 1.82) is 0 Å². The molecule has 1 heterocycles. The predicted octanol–water partition coefficient (Wildman–Crippen LogP) is 2.29. The smallest absolute Gasteiger partial charge is 0.237 e. The lowest BCUT2D eigenvalue weighted by atomic mass is 10.1. The number of carbonyl (C=O) groups is 1. The Balaban J connectivity index is 1.84. The first kappa shape index (κ1) is 14.8. The van der Waals surface area contributed by atoms with Crippen LogP contribution in [0.2, 0.25) is 4.34 Å². The second-order valence-electron chi connectivity index (χ2n) is 4.40. The van der Waals surface area contributed by atoms with Gasteiger partial charge in [-0.3, -0.25) is 4.79 Å². The summed E-state index contributed by atoms with van der Waals surface area (Å²) in [4.78, 5) is 12.9. The van der Waals surface area contributed by atoms with Crippen molar-refractivity contribution < 1.29 is 9.90 Å². The van der Waals surface area contributed by atoms with Gasteiger partial charge in [-0.1, -0.05) is 23.7 Å². The van der Waals surface area contributed by atoms with Gasteiger partial charge in [-0.2, -0.15) is 0 Å². The number of rotatable bonds is 5. The van der Waals surface area contributed by atoms with E-state index in [9.17, 15) is 9.90 Å². The van der Waals surface area contributed by atoms with Crippen LogP contribution < -0.4 is 11.1 Å². The number of phenols is 1. The number of amides is 1. The molecule has 20 heavy (non-hydrogen) atoms. The van der Waals surface area contributed by atoms with Crippen molar-refractivity contribution in [2.75, 3.05) is 0 Å². The lowest BCUT2D eigenvalue weighted by Gasteiger charge is -2.12. The SMILES string of the molecule is NC(Cc1ccc(O)cc1)C(=O)NCc1ccc(Cl)s1. The fourth-order valence-corrected chi connectivity index (χ4v) is 2.76. The van der Waals surface area contributed by atoms with Crippen molar-refractivity contribution in [2.24, 2.45) is 5.73 Å². The van der Waals surface area contributed by atoms with Gasteiger partial charge in [-0.25, -0.2) is 0 Å². The van der Waals surface area contributed by atoms with Crippen molar-refractivity contribution in [3.8, 4) is 5.75 Å². The number of thiophene rings is 1. The summed E-state index contributed by atoms with van der Waals surface area (Å²) >= 11 is 7.25. The van der Waals surface area contributed by atoms with E-state index >= 15 is 0 Å². The van der Waals surface area contributed by atoms with Crippen LogP contribution in [0.5, 0.6) is 5.75 Å². The van der Waals surface area contributed by atoms with E-state index in [4.69, 9.17) is 17.3 Å². The molecule has 106 valence electrons. The Morgan fingerprint density at radius 2 is 2.00 bits per heavy atom. The maximum atomic E-state index is 11.9. The van der Waals surface area contributed by atoms with Gasteiger partial charge in [0.2, 0.25) is 5.91 Å². The fraction of sp³-hybridized carbons (Fsp3) is 0.214. The second-order valence-corrected chi connectivity index (χ2v) is 6.20. The molecule has 1 aromatic heterocycles. The molecule has 0 saturated heterocycles. The lowest BCUT2D eigenvalue weighted by molar-refractivity contribution is -0.122. The van der Waals surface area contributed by atoms with Gasteiger partial charge in [0.05, 0.1) is 16.9 Å². The number of carbonyl (C=O) groups excluding carboxylic acids is 1. The van der Waals surface area contributed by atoms with Gasteiger partial charge in [0.25, 0.3) is 0 Å². The average Bonchev–Trinajstić information content (AvgIpc) is 2.84. The van der Waals surface area contributed by atoms with Gasteiger partial charge in [0.1, 0.15) is 5.75 Å². The highest BCUT2D eigenvalue weighted by molar-refractivity contribution is 7.16. The number of benzene rings is 1. The highest BCUT2D eigenvalue weighted by Crippen LogP contribution is 2.21. The molecule has 0 aliphatic rings. The van der Waals surface area contributed by atoms with Crippen molar-refractivity contribution in [3.05, 3.63) is 51.2 Å². The Morgan fingerprint density at radius 3 is 2.60 bits per heavy atom. The largest absolute Gasteiger partial charge is 0.508 e. The van der Waals surface area contributed by atoms with E-state index in [-0.39, 0.29) is 11.7 Å². The van der Waals surface area contributed by atoms with Crippen LogP contribution in [0.25, 0.3) is 0 Å². The third kappa shape index (κ3) is 4.23. The summed E-state index contributed by atoms with van der Waals surface area (Å²) in [5.41, 5.74) is 6.77. The van der Waals surface area contributed by atoms with Crippen molar-refractivity contribution in [3.63, 3.8) is 0 Å². The maximum Gasteiger partial charge on any atom is 0.237 e. The Kier molecular flexibility index (Phi) is 5.00. The first-order chi connectivity index (χ1) is 9.54. The Morgan fingerprint density at radius 1 is 1.30 bits per heavy atom. The molecule has 2 aromatic rings. The molecular weight excluding hydrogens is 296 g/mol. The van der Waals surface area contributed by atoms with Crippen molar-refractivity contribution in [1.82, 2.24) is 5.32 Å². The first-order valence-corrected chi connectivity index (χ1v) is 7.29. The van der Waals surface area contributed by atoms with Crippen molar-refractivity contribution >= 4 is 28.8 Å². The molecule has 4 nitrogen and oxygen atoms in total. The molecular formula is C14H15ClN2O2S. The normalized spacial score (nSPS) is 12.1. The number of aromatic hydroxyl groups is 1. The molecule has 0 aliphatic carbocycles. The van der Waals surface area contributed by atoms with E-state index in [2.05, 4.69) is 5.32 Å². The van der Waals surface area contributed by atoms with Gasteiger partial charge in [-0.05, 0) is 36.2 Å². The van der Waals surface area contributed by atoms with Gasteiger partial charge >= 0.3 is 0 Å². The summed E-state index contributed by atoms with van der Waals surface area (Å²) in [5.74, 6) is -0.0102. The second kappa shape index (κ2) is 6.74. The Hall–Kier alpha value is -1.56. The van der Waals surface area contributed by atoms with Crippen LogP contribution in [-0.2, 0) is 17.8 Å². The summed E-state index contributed by atoms with van der Waals surface area (Å²) in [7, 11) is 0. The molecule has 0 aliphatic heterocycles. The molecule has 1 amide bonds. The molecule has 4 N–H and O–H groups in total. The number of hydrogen-bond donors (Lipinski definition) is 3. The molecule has 1 atom stereocenters. The monoisotopic (exact) mass is 310 g/mol. The fourth-order valence-electron chi connectivity index (χ4n) is 1.73. The molecule has 0 fully saturated rings. The van der Waals surface area contributed by atoms with E-state index in [1.165, 1.54) is 11.3 Å². The van der Waals surface area contributed by atoms with Crippen LogP contribution in [-0.4, -0.2) is 17.1 Å². The minimum Gasteiger partial charge on any atom is -0.508 e. The van der Waals surface area contributed by atoms with E-state index in [0.717, 1.165) is 10.4 Å². The van der Waals surface area contributed by atoms with E-state index < -0.39 is 6.04 Å². The third-order valence-electron chi connectivity index (χ3n) is 2.79. The zero-order valence-corrected chi connectivity index (χ0v) is 12.2. The summed E-state index contributed by atoms with van der Waals surface area (Å²) in [6.45, 7) is 0.430. The molecule has 0 spiro atoms. The molecule has 1 unspecified atom stereocenters. The zero-order chi connectivity index (χ0) is 14.5. The van der Waals surface area contributed by atoms with Gasteiger partial charge in [-0.15, -0.1) is 11.3 Å². The molecule has 0 bridgehead atoms. The lowest BCUT2D eigenvalue weighted by Crippen LogP contribution is -2.41. The van der Waals surface area contributed by atoms with E-state index in [1.807, 2.05) is 6.07 Å². The van der Waals surface area contributed by atoms with E-state index in [0.29, 0.717) is 17.3 Å². The van der Waals surface area contributed by atoms with Gasteiger partial charge in [0, 0.05) is 4.88 Å². The minimum absolute atomic E-state index is 0.196. The first-order valence-electron chi connectivity index (χ1n) is 6.10. The topological polar surface area (TPSA) is 75.3 Å². The maximum absolute atomic E-state index is 11.9. The summed E-state index contributed by atoms with van der Waals surface area (Å²) in [6, 6.07) is 9.71. The molecule has 1 aromatic carbocycles. The van der Waals surface area contributed by atoms with Crippen LogP contribution in [0, 0.1) is 0 Å². The van der Waals surface area contributed by atoms with Gasteiger partial charge in [0.15, 0.2) is 0 Å². The van der Waals surface area contributed by atoms with Crippen LogP contribution in [0.4, 0.5) is 0 Å². The number of nitrogens with one attached hydrogen (secondary N) is 1. The Labute approximate surface area is 126 Å². The molecule has 6 heteroatoms. The van der Waals surface area contributed by atoms with Crippen LogP contribution in [0.1, 0.15) is 10.4 Å². The highest BCUT2D eigenvalue weighted by atomic mass is 35.5. The van der Waals surface area contributed by atoms with Crippen LogP contribution in [0.3, 0.4) is 0 Å². The van der Waals surface area contributed by atoms with Crippen molar-refractivity contribution in [2.45, 2.75) is 19.0 Å². The number of hydrogen-bond acceptors (Lipinski definition) is 4. The van der Waals surface area contributed by atoms with E-state index in [1.54, 1.807) is 30.3 Å². The summed E-state index contributed by atoms with van der Waals surface area (Å²) in [6.07, 6.45) is 0.428. The van der Waals surface area contributed by atoms with Crippen LogP contribution in [0.15, 0.2) is 36.4 Å². The average molecular weight is 311 g/mol. The molecule has 2 rings (SSSR count). The quantitative estimate of drug-likeness (QED) is 0.793. The van der Waals surface area contributed by atoms with Gasteiger partial charge < -0.3 is 16.2 Å². The predicted molar refractivity (Wildman–Crippen MR) is 81.0 cm³/mol. The number of nitrogens with two attached hydrogens (primary N) is 1. The highest BCUT2D eigenvalue weighted by Gasteiger charge is 2.14. The molecule has 0 saturated carbocycles. The summed E-state index contributed by atoms with van der Waals surface area (Å²) < 4.78 is 0.697. The standard InChI is InChI=1S/C14H15ClN2O2S/c15-13-6-5-11(20-13)8-17-14(19)12(16)7-9-1-3-10(18)4-2-9/h1-6,12,18H,7-8,16H2,(H,17,19). The summed E-state index contributed by atoms with van der Waals surface area (Å²) in [5, 5.41) is 12.0. The number of halogens is 1. The number of phenolic OH excluding ortho intramolecular Hbond substituents is 1.